The molecular weight excluding hydrogens is 270 g/mol. The molecule has 2 aromatic heterocycles. The van der Waals surface area contributed by atoms with E-state index in [0.717, 1.165) is 10.6 Å². The molecule has 0 aliphatic carbocycles. The number of rotatable bonds is 5. The number of nitrogens with two attached hydrogens (primary N) is 1. The number of nitrogens with zero attached hydrogens (tertiary/aromatic N) is 2. The number of Topliss-reactive ketones (excluding diaryl/α,β-unsaturated/α-hetero) is 1. The number of halogens is 1. The number of pyridine rings is 1. The Labute approximate surface area is 114 Å². The lowest BCUT2D eigenvalue weighted by atomic mass is 10.1. The number of aromatic nitrogens is 2. The highest BCUT2D eigenvalue weighted by atomic mass is 35.5. The number of hydrogen-bond donors (Lipinski definition) is 1. The van der Waals surface area contributed by atoms with Gasteiger partial charge in [-0.2, -0.15) is 0 Å². The lowest BCUT2D eigenvalue weighted by molar-refractivity contribution is 0.0988. The molecule has 4 nitrogen and oxygen atoms in total. The molecule has 0 aromatic carbocycles. The molecule has 0 atom stereocenters. The Kier molecular flexibility index (Phi) is 4.41. The van der Waals surface area contributed by atoms with E-state index in [4.69, 9.17) is 17.3 Å². The highest BCUT2D eigenvalue weighted by Crippen LogP contribution is 2.17. The van der Waals surface area contributed by atoms with E-state index in [1.165, 1.54) is 17.5 Å². The summed E-state index contributed by atoms with van der Waals surface area (Å²) in [6, 6.07) is 1.74. The van der Waals surface area contributed by atoms with Gasteiger partial charge >= 0.3 is 0 Å². The van der Waals surface area contributed by atoms with Gasteiger partial charge in [0.05, 0.1) is 10.0 Å². The third kappa shape index (κ3) is 3.13. The summed E-state index contributed by atoms with van der Waals surface area (Å²) in [6.07, 6.45) is 4.10. The van der Waals surface area contributed by atoms with Crippen molar-refractivity contribution >= 4 is 28.7 Å². The van der Waals surface area contributed by atoms with Crippen molar-refractivity contribution in [1.29, 1.82) is 0 Å². The minimum atomic E-state index is -0.0392. The van der Waals surface area contributed by atoms with E-state index in [1.54, 1.807) is 17.6 Å². The number of carbonyl (C=O) groups is 1. The molecule has 0 bridgehead atoms. The fourth-order valence-corrected chi connectivity index (χ4v) is 2.49. The van der Waals surface area contributed by atoms with Crippen LogP contribution in [0, 0.1) is 0 Å². The zero-order chi connectivity index (χ0) is 13.0. The first-order valence-corrected chi connectivity index (χ1v) is 6.72. The molecule has 0 fully saturated rings. The average molecular weight is 282 g/mol. The molecule has 94 valence electrons. The standard InChI is InChI=1S/C12H12ClN3OS/c13-9-6-15-4-2-8(9)5-11(17)10-7-18-12(16-10)1-3-14/h2,4,6-7H,1,3,5,14H2. The molecule has 0 radical (unpaired) electrons. The molecule has 0 amide bonds. The third-order valence-corrected chi connectivity index (χ3v) is 3.65. The maximum atomic E-state index is 12.0. The van der Waals surface area contributed by atoms with Gasteiger partial charge in [0, 0.05) is 30.6 Å². The molecule has 0 spiro atoms. The van der Waals surface area contributed by atoms with Gasteiger partial charge in [-0.3, -0.25) is 9.78 Å². The molecule has 2 rings (SSSR count). The fourth-order valence-electron chi connectivity index (χ4n) is 1.49. The summed E-state index contributed by atoms with van der Waals surface area (Å²) in [4.78, 5) is 20.2. The number of carbonyl (C=O) groups excluding carboxylic acids is 1. The molecule has 2 heterocycles. The Morgan fingerprint density at radius 3 is 3.06 bits per heavy atom. The second kappa shape index (κ2) is 6.04. The van der Waals surface area contributed by atoms with Crippen LogP contribution in [-0.4, -0.2) is 22.3 Å². The van der Waals surface area contributed by atoms with E-state index in [-0.39, 0.29) is 12.2 Å². The summed E-state index contributed by atoms with van der Waals surface area (Å²) < 4.78 is 0. The minimum Gasteiger partial charge on any atom is -0.330 e. The van der Waals surface area contributed by atoms with Crippen LogP contribution in [0.3, 0.4) is 0 Å². The van der Waals surface area contributed by atoms with Gasteiger partial charge < -0.3 is 5.73 Å². The average Bonchev–Trinajstić information content (AvgIpc) is 2.81. The van der Waals surface area contributed by atoms with Crippen molar-refractivity contribution < 1.29 is 4.79 Å². The van der Waals surface area contributed by atoms with Crippen LogP contribution in [-0.2, 0) is 12.8 Å². The molecule has 0 saturated carbocycles. The van der Waals surface area contributed by atoms with E-state index < -0.39 is 0 Å². The van der Waals surface area contributed by atoms with Gasteiger partial charge in [-0.15, -0.1) is 11.3 Å². The normalized spacial score (nSPS) is 10.6. The SMILES string of the molecule is NCCc1nc(C(=O)Cc2ccncc2Cl)cs1. The molecule has 0 saturated heterocycles. The molecule has 6 heteroatoms. The van der Waals surface area contributed by atoms with Crippen molar-refractivity contribution in [1.82, 2.24) is 9.97 Å². The van der Waals surface area contributed by atoms with Gasteiger partial charge in [0.15, 0.2) is 5.78 Å². The Morgan fingerprint density at radius 1 is 1.50 bits per heavy atom. The van der Waals surface area contributed by atoms with Crippen molar-refractivity contribution in [2.75, 3.05) is 6.54 Å². The Morgan fingerprint density at radius 2 is 2.33 bits per heavy atom. The zero-order valence-corrected chi connectivity index (χ0v) is 11.2. The maximum absolute atomic E-state index is 12.0. The highest BCUT2D eigenvalue weighted by Gasteiger charge is 2.13. The fraction of sp³-hybridized carbons (Fsp3) is 0.250. The summed E-state index contributed by atoms with van der Waals surface area (Å²) in [7, 11) is 0. The van der Waals surface area contributed by atoms with E-state index in [0.29, 0.717) is 23.7 Å². The maximum Gasteiger partial charge on any atom is 0.186 e. The second-order valence-electron chi connectivity index (χ2n) is 3.73. The van der Waals surface area contributed by atoms with Crippen molar-refractivity contribution in [2.45, 2.75) is 12.8 Å². The summed E-state index contributed by atoms with van der Waals surface area (Å²) in [5, 5.41) is 3.16. The third-order valence-electron chi connectivity index (χ3n) is 2.40. The van der Waals surface area contributed by atoms with Crippen molar-refractivity contribution in [2.24, 2.45) is 5.73 Å². The first-order chi connectivity index (χ1) is 8.70. The smallest absolute Gasteiger partial charge is 0.186 e. The predicted molar refractivity (Wildman–Crippen MR) is 72.2 cm³/mol. The van der Waals surface area contributed by atoms with E-state index in [1.807, 2.05) is 0 Å². The monoisotopic (exact) mass is 281 g/mol. The first-order valence-electron chi connectivity index (χ1n) is 5.46. The van der Waals surface area contributed by atoms with Gasteiger partial charge in [0.25, 0.3) is 0 Å². The lowest BCUT2D eigenvalue weighted by Gasteiger charge is -2.00. The van der Waals surface area contributed by atoms with Gasteiger partial charge in [0.2, 0.25) is 0 Å². The van der Waals surface area contributed by atoms with Gasteiger partial charge in [-0.05, 0) is 18.2 Å². The van der Waals surface area contributed by atoms with Crippen LogP contribution in [0.1, 0.15) is 21.1 Å². The minimum absolute atomic E-state index is 0.0392. The molecular formula is C12H12ClN3OS. The quantitative estimate of drug-likeness (QED) is 0.853. The Balaban J connectivity index is 2.10. The van der Waals surface area contributed by atoms with Crippen LogP contribution in [0.5, 0.6) is 0 Å². The zero-order valence-electron chi connectivity index (χ0n) is 9.60. The topological polar surface area (TPSA) is 68.9 Å². The van der Waals surface area contributed by atoms with Crippen molar-refractivity contribution in [3.63, 3.8) is 0 Å². The largest absolute Gasteiger partial charge is 0.330 e. The van der Waals surface area contributed by atoms with Crippen LogP contribution in [0.25, 0.3) is 0 Å². The van der Waals surface area contributed by atoms with Crippen LogP contribution in [0.15, 0.2) is 23.8 Å². The highest BCUT2D eigenvalue weighted by molar-refractivity contribution is 7.09. The van der Waals surface area contributed by atoms with Crippen LogP contribution >= 0.6 is 22.9 Å². The molecule has 2 aromatic rings. The molecule has 2 N–H and O–H groups in total. The number of thiazole rings is 1. The molecule has 0 unspecified atom stereocenters. The first kappa shape index (κ1) is 13.1. The number of hydrogen-bond acceptors (Lipinski definition) is 5. The second-order valence-corrected chi connectivity index (χ2v) is 5.08. The predicted octanol–water partition coefficient (Wildman–Crippen LogP) is 2.12. The molecule has 18 heavy (non-hydrogen) atoms. The van der Waals surface area contributed by atoms with Gasteiger partial charge in [0.1, 0.15) is 5.69 Å². The molecule has 0 aliphatic heterocycles. The van der Waals surface area contributed by atoms with Gasteiger partial charge in [-0.1, -0.05) is 11.6 Å². The summed E-state index contributed by atoms with van der Waals surface area (Å²) in [6.45, 7) is 0.539. The molecule has 0 aliphatic rings. The summed E-state index contributed by atoms with van der Waals surface area (Å²) >= 11 is 7.42. The van der Waals surface area contributed by atoms with Crippen molar-refractivity contribution in [3.8, 4) is 0 Å². The van der Waals surface area contributed by atoms with E-state index in [2.05, 4.69) is 9.97 Å². The summed E-state index contributed by atoms with van der Waals surface area (Å²) in [5.74, 6) is -0.0392. The van der Waals surface area contributed by atoms with E-state index in [9.17, 15) is 4.79 Å². The van der Waals surface area contributed by atoms with Crippen LogP contribution in [0.2, 0.25) is 5.02 Å². The lowest BCUT2D eigenvalue weighted by Crippen LogP contribution is -2.06. The van der Waals surface area contributed by atoms with Crippen molar-refractivity contribution in [3.05, 3.63) is 45.1 Å². The Bertz CT molecular complexity index is 556. The summed E-state index contributed by atoms with van der Waals surface area (Å²) in [5.41, 5.74) is 6.70. The Hall–Kier alpha value is -1.30. The van der Waals surface area contributed by atoms with E-state index >= 15 is 0 Å². The van der Waals surface area contributed by atoms with Crippen LogP contribution in [0.4, 0.5) is 0 Å². The number of ketones is 1. The van der Waals surface area contributed by atoms with Crippen LogP contribution < -0.4 is 5.73 Å². The van der Waals surface area contributed by atoms with Gasteiger partial charge in [-0.25, -0.2) is 4.98 Å².